The smallest absolute Gasteiger partial charge is 0.00923 e. The van der Waals surface area contributed by atoms with Crippen molar-refractivity contribution >= 4 is 0 Å². The van der Waals surface area contributed by atoms with Crippen LogP contribution in [0.1, 0.15) is 40.0 Å². The molecule has 1 unspecified atom stereocenters. The summed E-state index contributed by atoms with van der Waals surface area (Å²) < 4.78 is 0. The molecule has 1 atom stereocenters. The average Bonchev–Trinajstić information content (AvgIpc) is 1.98. The molecule has 0 amide bonds. The lowest BCUT2D eigenvalue weighted by Crippen LogP contribution is -2.41. The third kappa shape index (κ3) is 4.98. The van der Waals surface area contributed by atoms with Gasteiger partial charge < -0.3 is 10.2 Å². The fraction of sp³-hybridized carbons (Fsp3) is 1.00. The summed E-state index contributed by atoms with van der Waals surface area (Å²) in [4.78, 5) is 2.55. The van der Waals surface area contributed by atoms with Crippen molar-refractivity contribution in [2.45, 2.75) is 46.1 Å². The average molecular weight is 212 g/mol. The maximum atomic E-state index is 3.54. The van der Waals surface area contributed by atoms with E-state index in [9.17, 15) is 0 Å². The molecule has 15 heavy (non-hydrogen) atoms. The predicted octanol–water partition coefficient (Wildman–Crippen LogP) is 2.35. The molecule has 1 rings (SSSR count). The van der Waals surface area contributed by atoms with Gasteiger partial charge in [0.05, 0.1) is 0 Å². The van der Waals surface area contributed by atoms with E-state index >= 15 is 0 Å². The van der Waals surface area contributed by atoms with E-state index in [2.05, 4.69) is 38.0 Å². The molecule has 0 aromatic carbocycles. The van der Waals surface area contributed by atoms with Gasteiger partial charge in [-0.2, -0.15) is 0 Å². The Hall–Kier alpha value is -0.0800. The molecular weight excluding hydrogens is 184 g/mol. The summed E-state index contributed by atoms with van der Waals surface area (Å²) >= 11 is 0. The van der Waals surface area contributed by atoms with Crippen molar-refractivity contribution in [3.63, 3.8) is 0 Å². The van der Waals surface area contributed by atoms with E-state index in [4.69, 9.17) is 0 Å². The molecule has 0 aromatic rings. The second-order valence-corrected chi connectivity index (χ2v) is 5.68. The fourth-order valence-corrected chi connectivity index (χ4v) is 2.15. The van der Waals surface area contributed by atoms with Gasteiger partial charge in [0.1, 0.15) is 0 Å². The first kappa shape index (κ1) is 13.0. The van der Waals surface area contributed by atoms with Gasteiger partial charge in [0.25, 0.3) is 0 Å². The van der Waals surface area contributed by atoms with Crippen molar-refractivity contribution in [3.05, 3.63) is 0 Å². The van der Waals surface area contributed by atoms with Crippen LogP contribution in [0.25, 0.3) is 0 Å². The maximum absolute atomic E-state index is 3.54. The normalized spacial score (nSPS) is 19.6. The Bertz CT molecular complexity index is 164. The van der Waals surface area contributed by atoms with Crippen LogP contribution in [-0.2, 0) is 0 Å². The Morgan fingerprint density at radius 3 is 2.33 bits per heavy atom. The fourth-order valence-electron chi connectivity index (χ4n) is 2.15. The first-order valence-corrected chi connectivity index (χ1v) is 6.50. The largest absolute Gasteiger partial charge is 0.316 e. The van der Waals surface area contributed by atoms with Crippen molar-refractivity contribution in [2.75, 3.05) is 26.7 Å². The summed E-state index contributed by atoms with van der Waals surface area (Å²) in [5.74, 6) is 1.54. The van der Waals surface area contributed by atoms with E-state index in [1.54, 1.807) is 0 Å². The molecule has 1 aliphatic carbocycles. The first-order valence-electron chi connectivity index (χ1n) is 6.50. The molecule has 90 valence electrons. The number of nitrogens with zero attached hydrogens (tertiary/aromatic N) is 1. The van der Waals surface area contributed by atoms with Crippen LogP contribution in [0.4, 0.5) is 0 Å². The van der Waals surface area contributed by atoms with Crippen molar-refractivity contribution in [1.82, 2.24) is 10.2 Å². The van der Waals surface area contributed by atoms with Crippen LogP contribution in [0.3, 0.4) is 0 Å². The molecule has 1 saturated carbocycles. The lowest BCUT2D eigenvalue weighted by Gasteiger charge is -2.36. The van der Waals surface area contributed by atoms with Crippen molar-refractivity contribution in [1.29, 1.82) is 0 Å². The van der Waals surface area contributed by atoms with E-state index in [-0.39, 0.29) is 0 Å². The van der Waals surface area contributed by atoms with Crippen molar-refractivity contribution in [2.24, 2.45) is 11.8 Å². The highest BCUT2D eigenvalue weighted by atomic mass is 15.1. The van der Waals surface area contributed by atoms with Crippen LogP contribution in [-0.4, -0.2) is 37.6 Å². The van der Waals surface area contributed by atoms with Crippen molar-refractivity contribution < 1.29 is 0 Å². The summed E-state index contributed by atoms with van der Waals surface area (Å²) in [7, 11) is 2.28. The number of hydrogen-bond donors (Lipinski definition) is 1. The van der Waals surface area contributed by atoms with E-state index in [0.717, 1.165) is 31.0 Å². The summed E-state index contributed by atoms with van der Waals surface area (Å²) in [5.41, 5.74) is 0. The van der Waals surface area contributed by atoms with Gasteiger partial charge in [0.2, 0.25) is 0 Å². The van der Waals surface area contributed by atoms with E-state index in [1.165, 1.54) is 25.8 Å². The van der Waals surface area contributed by atoms with Gasteiger partial charge in [-0.15, -0.1) is 0 Å². The van der Waals surface area contributed by atoms with Gasteiger partial charge in [0, 0.05) is 12.6 Å². The van der Waals surface area contributed by atoms with Crippen LogP contribution in [0.15, 0.2) is 0 Å². The molecule has 0 aromatic heterocycles. The molecule has 2 nitrogen and oxygen atoms in total. The second-order valence-electron chi connectivity index (χ2n) is 5.68. The molecule has 0 radical (unpaired) electrons. The molecule has 0 heterocycles. The van der Waals surface area contributed by atoms with Gasteiger partial charge in [-0.3, -0.25) is 0 Å². The summed E-state index contributed by atoms with van der Waals surface area (Å²) in [6.07, 6.45) is 4.28. The third-order valence-corrected chi connectivity index (χ3v) is 3.34. The molecule has 1 N–H and O–H groups in total. The van der Waals surface area contributed by atoms with E-state index in [0.29, 0.717) is 0 Å². The first-order chi connectivity index (χ1) is 7.09. The Labute approximate surface area is 95.4 Å². The Kier molecular flexibility index (Phi) is 5.62. The molecule has 1 fully saturated rings. The number of rotatable bonds is 7. The SMILES string of the molecule is CC(C)CNCC(C)CN(C)C1CCC1. The van der Waals surface area contributed by atoms with Gasteiger partial charge >= 0.3 is 0 Å². The standard InChI is InChI=1S/C13H28N2/c1-11(2)8-14-9-12(3)10-15(4)13-6-5-7-13/h11-14H,5-10H2,1-4H3. The monoisotopic (exact) mass is 212 g/mol. The Balaban J connectivity index is 2.03. The van der Waals surface area contributed by atoms with Crippen LogP contribution in [0.2, 0.25) is 0 Å². The zero-order valence-corrected chi connectivity index (χ0v) is 10.9. The van der Waals surface area contributed by atoms with Crippen LogP contribution < -0.4 is 5.32 Å². The lowest BCUT2D eigenvalue weighted by atomic mass is 9.91. The van der Waals surface area contributed by atoms with Gasteiger partial charge in [-0.1, -0.05) is 27.2 Å². The van der Waals surface area contributed by atoms with Gasteiger partial charge in [0.15, 0.2) is 0 Å². The summed E-state index contributed by atoms with van der Waals surface area (Å²) in [5, 5.41) is 3.54. The molecule has 0 spiro atoms. The highest BCUT2D eigenvalue weighted by molar-refractivity contribution is 4.79. The number of hydrogen-bond acceptors (Lipinski definition) is 2. The topological polar surface area (TPSA) is 15.3 Å². The highest BCUT2D eigenvalue weighted by Crippen LogP contribution is 2.23. The molecule has 1 aliphatic rings. The van der Waals surface area contributed by atoms with Crippen LogP contribution >= 0.6 is 0 Å². The lowest BCUT2D eigenvalue weighted by molar-refractivity contribution is 0.140. The van der Waals surface area contributed by atoms with E-state index in [1.807, 2.05) is 0 Å². The van der Waals surface area contributed by atoms with Crippen LogP contribution in [0, 0.1) is 11.8 Å². The molecule has 0 saturated heterocycles. The Morgan fingerprint density at radius 2 is 1.87 bits per heavy atom. The van der Waals surface area contributed by atoms with Crippen molar-refractivity contribution in [3.8, 4) is 0 Å². The van der Waals surface area contributed by atoms with Crippen LogP contribution in [0.5, 0.6) is 0 Å². The van der Waals surface area contributed by atoms with E-state index < -0.39 is 0 Å². The minimum Gasteiger partial charge on any atom is -0.316 e. The minimum atomic E-state index is 0.765. The van der Waals surface area contributed by atoms with Gasteiger partial charge in [-0.25, -0.2) is 0 Å². The molecule has 0 bridgehead atoms. The zero-order chi connectivity index (χ0) is 11.3. The highest BCUT2D eigenvalue weighted by Gasteiger charge is 2.22. The minimum absolute atomic E-state index is 0.765. The number of nitrogens with one attached hydrogen (secondary N) is 1. The summed E-state index contributed by atoms with van der Waals surface area (Å²) in [6, 6.07) is 0.887. The quantitative estimate of drug-likeness (QED) is 0.697. The molecular formula is C13H28N2. The maximum Gasteiger partial charge on any atom is 0.00923 e. The van der Waals surface area contributed by atoms with Gasteiger partial charge in [-0.05, 0) is 44.8 Å². The second kappa shape index (κ2) is 6.49. The molecule has 2 heteroatoms. The predicted molar refractivity (Wildman–Crippen MR) is 67.1 cm³/mol. The molecule has 0 aliphatic heterocycles. The summed E-state index contributed by atoms with van der Waals surface area (Å²) in [6.45, 7) is 10.4. The third-order valence-electron chi connectivity index (χ3n) is 3.34. The zero-order valence-electron chi connectivity index (χ0n) is 10.9. The Morgan fingerprint density at radius 1 is 1.20 bits per heavy atom.